The highest BCUT2D eigenvalue weighted by Crippen LogP contribution is 2.38. The summed E-state index contributed by atoms with van der Waals surface area (Å²) in [6.07, 6.45) is -1.97. The second-order valence-electron chi connectivity index (χ2n) is 5.06. The molecule has 1 saturated carbocycles. The second kappa shape index (κ2) is 5.73. The topological polar surface area (TPSA) is 50.3 Å². The molecule has 9 heteroatoms. The normalized spacial score (nSPS) is 18.0. The summed E-state index contributed by atoms with van der Waals surface area (Å²) in [7, 11) is -4.27. The molecule has 0 bridgehead atoms. The molecule has 1 fully saturated rings. The molecule has 1 aliphatic rings. The Morgan fingerprint density at radius 1 is 1.48 bits per heavy atom. The predicted octanol–water partition coefficient (Wildman–Crippen LogP) is 3.09. The maximum Gasteiger partial charge on any atom is 0.402 e. The maximum absolute atomic E-state index is 12.7. The predicted molar refractivity (Wildman–Crippen MR) is 71.4 cm³/mol. The van der Waals surface area contributed by atoms with Crippen molar-refractivity contribution in [2.24, 2.45) is 5.92 Å². The SMILES string of the molecule is CC(C1CC1)N(CC(F)(F)F)S(=O)(=O)c1ccnc(Cl)c1. The van der Waals surface area contributed by atoms with Crippen molar-refractivity contribution in [3.05, 3.63) is 23.5 Å². The minimum atomic E-state index is -4.60. The Hall–Kier alpha value is -0.860. The zero-order valence-electron chi connectivity index (χ0n) is 11.1. The van der Waals surface area contributed by atoms with Gasteiger partial charge in [0.25, 0.3) is 0 Å². The van der Waals surface area contributed by atoms with Gasteiger partial charge in [0.1, 0.15) is 11.7 Å². The summed E-state index contributed by atoms with van der Waals surface area (Å²) < 4.78 is 63.7. The first-order valence-electron chi connectivity index (χ1n) is 6.31. The van der Waals surface area contributed by atoms with Crippen LogP contribution in [0.2, 0.25) is 5.15 Å². The third-order valence-electron chi connectivity index (χ3n) is 3.40. The third kappa shape index (κ3) is 4.08. The first kappa shape index (κ1) is 16.5. The van der Waals surface area contributed by atoms with Crippen LogP contribution in [0.1, 0.15) is 19.8 Å². The van der Waals surface area contributed by atoms with Crippen LogP contribution in [0.3, 0.4) is 0 Å². The standard InChI is InChI=1S/C12H14ClF3N2O2S/c1-8(9-2-3-9)18(7-12(14,15)16)21(19,20)10-4-5-17-11(13)6-10/h4-6,8-9H,2-3,7H2,1H3. The number of rotatable bonds is 5. The molecule has 118 valence electrons. The zero-order chi connectivity index (χ0) is 15.8. The Kier molecular flexibility index (Phi) is 4.51. The molecule has 4 nitrogen and oxygen atoms in total. The zero-order valence-corrected chi connectivity index (χ0v) is 12.7. The second-order valence-corrected chi connectivity index (χ2v) is 7.34. The van der Waals surface area contributed by atoms with Crippen molar-refractivity contribution in [1.29, 1.82) is 0 Å². The van der Waals surface area contributed by atoms with Crippen LogP contribution >= 0.6 is 11.6 Å². The van der Waals surface area contributed by atoms with Crippen molar-refractivity contribution in [2.45, 2.75) is 36.9 Å². The van der Waals surface area contributed by atoms with Gasteiger partial charge in [-0.1, -0.05) is 11.6 Å². The van der Waals surface area contributed by atoms with Crippen LogP contribution in [0.25, 0.3) is 0 Å². The van der Waals surface area contributed by atoms with Crippen LogP contribution in [0.4, 0.5) is 13.2 Å². The molecule has 21 heavy (non-hydrogen) atoms. The first-order valence-corrected chi connectivity index (χ1v) is 8.13. The average Bonchev–Trinajstić information content (AvgIpc) is 3.18. The first-order chi connectivity index (χ1) is 9.61. The van der Waals surface area contributed by atoms with E-state index in [0.29, 0.717) is 4.31 Å². The monoisotopic (exact) mass is 342 g/mol. The molecule has 1 aromatic heterocycles. The summed E-state index contributed by atoms with van der Waals surface area (Å²) in [6.45, 7) is -0.00328. The Bertz CT molecular complexity index is 617. The number of nitrogens with zero attached hydrogens (tertiary/aromatic N) is 2. The Labute approximate surface area is 126 Å². The molecule has 1 heterocycles. The number of hydrogen-bond donors (Lipinski definition) is 0. The molecule has 0 radical (unpaired) electrons. The van der Waals surface area contributed by atoms with E-state index in [1.165, 1.54) is 6.92 Å². The van der Waals surface area contributed by atoms with Gasteiger partial charge in [0.2, 0.25) is 10.0 Å². The molecule has 1 aromatic rings. The highest BCUT2D eigenvalue weighted by molar-refractivity contribution is 7.89. The van der Waals surface area contributed by atoms with Gasteiger partial charge in [0.15, 0.2) is 0 Å². The number of hydrogen-bond acceptors (Lipinski definition) is 3. The van der Waals surface area contributed by atoms with Crippen molar-refractivity contribution in [2.75, 3.05) is 6.54 Å². The molecular formula is C12H14ClF3N2O2S. The van der Waals surface area contributed by atoms with Gasteiger partial charge in [-0.2, -0.15) is 17.5 Å². The number of halogens is 4. The van der Waals surface area contributed by atoms with Crippen LogP contribution in [-0.4, -0.2) is 36.5 Å². The average molecular weight is 343 g/mol. The van der Waals surface area contributed by atoms with E-state index in [-0.39, 0.29) is 16.0 Å². The minimum absolute atomic E-state index is 0.0283. The van der Waals surface area contributed by atoms with Gasteiger partial charge in [-0.05, 0) is 37.8 Å². The summed E-state index contributed by atoms with van der Waals surface area (Å²) in [5.74, 6) is -0.0283. The lowest BCUT2D eigenvalue weighted by atomic mass is 10.2. The van der Waals surface area contributed by atoms with E-state index >= 15 is 0 Å². The highest BCUT2D eigenvalue weighted by Gasteiger charge is 2.44. The fraction of sp³-hybridized carbons (Fsp3) is 0.583. The third-order valence-corrected chi connectivity index (χ3v) is 5.53. The van der Waals surface area contributed by atoms with Crippen LogP contribution in [-0.2, 0) is 10.0 Å². The largest absolute Gasteiger partial charge is 0.402 e. The Morgan fingerprint density at radius 2 is 2.10 bits per heavy atom. The van der Waals surface area contributed by atoms with Gasteiger partial charge < -0.3 is 0 Å². The van der Waals surface area contributed by atoms with Gasteiger partial charge in [-0.3, -0.25) is 0 Å². The molecule has 0 spiro atoms. The van der Waals surface area contributed by atoms with Gasteiger partial charge in [0, 0.05) is 12.2 Å². The van der Waals surface area contributed by atoms with Crippen molar-refractivity contribution >= 4 is 21.6 Å². The molecule has 1 atom stereocenters. The van der Waals surface area contributed by atoms with Crippen molar-refractivity contribution in [3.63, 3.8) is 0 Å². The molecule has 2 rings (SSSR count). The van der Waals surface area contributed by atoms with Gasteiger partial charge in [-0.15, -0.1) is 0 Å². The summed E-state index contributed by atoms with van der Waals surface area (Å²) >= 11 is 5.63. The molecule has 0 amide bonds. The lowest BCUT2D eigenvalue weighted by Gasteiger charge is -2.29. The minimum Gasteiger partial charge on any atom is -0.244 e. The highest BCUT2D eigenvalue weighted by atomic mass is 35.5. The quantitative estimate of drug-likeness (QED) is 0.773. The summed E-state index contributed by atoms with van der Waals surface area (Å²) in [5, 5.41) is -0.0814. The number of alkyl halides is 3. The smallest absolute Gasteiger partial charge is 0.244 e. The fourth-order valence-electron chi connectivity index (χ4n) is 2.12. The lowest BCUT2D eigenvalue weighted by Crippen LogP contribution is -2.45. The Balaban J connectivity index is 2.38. The van der Waals surface area contributed by atoms with E-state index in [4.69, 9.17) is 11.6 Å². The van der Waals surface area contributed by atoms with E-state index in [1.54, 1.807) is 0 Å². The van der Waals surface area contributed by atoms with E-state index in [0.717, 1.165) is 31.2 Å². The van der Waals surface area contributed by atoms with Crippen molar-refractivity contribution in [3.8, 4) is 0 Å². The lowest BCUT2D eigenvalue weighted by molar-refractivity contribution is -0.139. The number of pyridine rings is 1. The van der Waals surface area contributed by atoms with Crippen LogP contribution < -0.4 is 0 Å². The van der Waals surface area contributed by atoms with Crippen LogP contribution in [0.5, 0.6) is 0 Å². The molecular weight excluding hydrogens is 329 g/mol. The van der Waals surface area contributed by atoms with Crippen LogP contribution in [0, 0.1) is 5.92 Å². The van der Waals surface area contributed by atoms with Gasteiger partial charge >= 0.3 is 6.18 Å². The molecule has 0 saturated heterocycles. The molecule has 0 aliphatic heterocycles. The summed E-state index contributed by atoms with van der Waals surface area (Å²) in [6, 6.07) is 1.49. The molecule has 0 N–H and O–H groups in total. The van der Waals surface area contributed by atoms with E-state index in [9.17, 15) is 21.6 Å². The van der Waals surface area contributed by atoms with Crippen LogP contribution in [0.15, 0.2) is 23.2 Å². The Morgan fingerprint density at radius 3 is 2.57 bits per heavy atom. The van der Waals surface area contributed by atoms with E-state index in [1.807, 2.05) is 0 Å². The van der Waals surface area contributed by atoms with Gasteiger partial charge in [-0.25, -0.2) is 13.4 Å². The molecule has 1 unspecified atom stereocenters. The van der Waals surface area contributed by atoms with Crippen molar-refractivity contribution in [1.82, 2.24) is 9.29 Å². The number of aromatic nitrogens is 1. The molecule has 0 aromatic carbocycles. The molecule has 1 aliphatic carbocycles. The summed E-state index contributed by atoms with van der Waals surface area (Å²) in [5.41, 5.74) is 0. The summed E-state index contributed by atoms with van der Waals surface area (Å²) in [4.78, 5) is 3.36. The fourth-order valence-corrected chi connectivity index (χ4v) is 4.05. The van der Waals surface area contributed by atoms with Gasteiger partial charge in [0.05, 0.1) is 4.90 Å². The number of sulfonamides is 1. The van der Waals surface area contributed by atoms with E-state index < -0.39 is 28.8 Å². The van der Waals surface area contributed by atoms with Crippen molar-refractivity contribution < 1.29 is 21.6 Å². The maximum atomic E-state index is 12.7. The van der Waals surface area contributed by atoms with E-state index in [2.05, 4.69) is 4.98 Å².